The van der Waals surface area contributed by atoms with Crippen molar-refractivity contribution in [3.63, 3.8) is 0 Å². The fourth-order valence-corrected chi connectivity index (χ4v) is 2.88. The van der Waals surface area contributed by atoms with Crippen molar-refractivity contribution in [2.75, 3.05) is 18.6 Å². The molecule has 9 nitrogen and oxygen atoms in total. The number of aromatic hydroxyl groups is 1. The van der Waals surface area contributed by atoms with Crippen molar-refractivity contribution in [1.82, 2.24) is 20.2 Å². The minimum Gasteiger partial charge on any atom is -0.504 e. The van der Waals surface area contributed by atoms with E-state index in [4.69, 9.17) is 14.6 Å². The van der Waals surface area contributed by atoms with Gasteiger partial charge >= 0.3 is 0 Å². The van der Waals surface area contributed by atoms with Crippen LogP contribution >= 0.6 is 0 Å². The Labute approximate surface area is 150 Å². The van der Waals surface area contributed by atoms with Crippen LogP contribution in [0.25, 0.3) is 10.9 Å². The largest absolute Gasteiger partial charge is 0.504 e. The maximum Gasteiger partial charge on any atom is 0.290 e. The Morgan fingerprint density at radius 2 is 2.12 bits per heavy atom. The van der Waals surface area contributed by atoms with Crippen molar-refractivity contribution >= 4 is 23.2 Å². The molecule has 3 aromatic rings. The predicted octanol–water partition coefficient (Wildman–Crippen LogP) is 1.97. The highest BCUT2D eigenvalue weighted by Gasteiger charge is 2.21. The van der Waals surface area contributed by atoms with Crippen molar-refractivity contribution in [3.05, 3.63) is 35.9 Å². The molecule has 0 saturated heterocycles. The monoisotopic (exact) mass is 359 g/mol. The number of hydrogen-bond acceptors (Lipinski definition) is 7. The number of phenolic OH excluding ortho intramolecular Hbond substituents is 1. The highest BCUT2D eigenvalue weighted by molar-refractivity contribution is 5.92. The number of ether oxygens (including phenoxy) is 1. The number of methoxy groups -OCH3 is 1. The Morgan fingerprint density at radius 3 is 2.85 bits per heavy atom. The molecule has 3 heterocycles. The number of rotatable bonds is 2. The summed E-state index contributed by atoms with van der Waals surface area (Å²) in [6.45, 7) is 1.35. The molecule has 4 rings (SSSR count). The Bertz CT molecular complexity index is 896. The molecule has 0 fully saturated rings. The molecule has 0 unspecified atom stereocenters. The molecule has 1 aromatic carbocycles. The number of carboxylic acid groups (broad SMARTS) is 1. The van der Waals surface area contributed by atoms with Crippen LogP contribution in [0.3, 0.4) is 0 Å². The number of H-pyrrole nitrogens is 1. The van der Waals surface area contributed by atoms with Crippen LogP contribution in [0.1, 0.15) is 18.7 Å². The molecule has 0 atom stereocenters. The van der Waals surface area contributed by atoms with Crippen LogP contribution in [-0.2, 0) is 17.8 Å². The molecular formula is C17H21N5O4. The van der Waals surface area contributed by atoms with Gasteiger partial charge in [0.1, 0.15) is 12.1 Å². The van der Waals surface area contributed by atoms with E-state index in [9.17, 15) is 5.11 Å². The zero-order valence-corrected chi connectivity index (χ0v) is 13.5. The first-order valence-corrected chi connectivity index (χ1v) is 7.53. The lowest BCUT2D eigenvalue weighted by atomic mass is 10.1. The lowest BCUT2D eigenvalue weighted by Gasteiger charge is -2.28. The minimum atomic E-state index is -0.250. The molecule has 0 saturated carbocycles. The fourth-order valence-electron chi connectivity index (χ4n) is 2.88. The Hall–Kier alpha value is -3.36. The maximum atomic E-state index is 9.90. The van der Waals surface area contributed by atoms with E-state index >= 15 is 0 Å². The van der Waals surface area contributed by atoms with E-state index in [2.05, 4.69) is 25.1 Å². The van der Waals surface area contributed by atoms with E-state index in [1.807, 2.05) is 6.20 Å². The zero-order valence-electron chi connectivity index (χ0n) is 13.5. The quantitative estimate of drug-likeness (QED) is 0.593. The van der Waals surface area contributed by atoms with Crippen LogP contribution in [0.4, 0.5) is 5.82 Å². The van der Waals surface area contributed by atoms with Gasteiger partial charge in [-0.05, 0) is 6.07 Å². The summed E-state index contributed by atoms with van der Waals surface area (Å²) in [5.74, 6) is 1.34. The van der Waals surface area contributed by atoms with Crippen LogP contribution in [0.5, 0.6) is 11.5 Å². The topological polar surface area (TPSA) is 124 Å². The first kappa shape index (κ1) is 19.0. The minimum absolute atomic E-state index is 0. The highest BCUT2D eigenvalue weighted by Crippen LogP contribution is 2.35. The van der Waals surface area contributed by atoms with Crippen molar-refractivity contribution in [1.29, 1.82) is 0 Å². The van der Waals surface area contributed by atoms with Gasteiger partial charge in [-0.25, -0.2) is 9.97 Å². The standard InChI is InChI=1S/C15H15N5O2.CH2O2.CH4/c1-22-14-4-10-12(5-13(14)21)16-8-17-15(10)20-3-2-11-9(7-20)6-18-19-11;2-1-3;/h4-6,8,21H,2-3,7H2,1H3,(H,18,19);1H,(H,2,3);1H4. The molecule has 9 heteroatoms. The Kier molecular flexibility index (Phi) is 5.94. The molecule has 138 valence electrons. The molecule has 1 aliphatic heterocycles. The van der Waals surface area contributed by atoms with Gasteiger partial charge in [0.15, 0.2) is 11.5 Å². The van der Waals surface area contributed by atoms with Gasteiger partial charge in [-0.1, -0.05) is 7.43 Å². The van der Waals surface area contributed by atoms with E-state index in [0.29, 0.717) is 11.3 Å². The summed E-state index contributed by atoms with van der Waals surface area (Å²) in [6.07, 6.45) is 4.28. The summed E-state index contributed by atoms with van der Waals surface area (Å²) in [5, 5.41) is 24.8. The highest BCUT2D eigenvalue weighted by atomic mass is 16.5. The van der Waals surface area contributed by atoms with Crippen LogP contribution in [0, 0.1) is 0 Å². The normalized spacial score (nSPS) is 12.4. The predicted molar refractivity (Wildman–Crippen MR) is 96.5 cm³/mol. The lowest BCUT2D eigenvalue weighted by molar-refractivity contribution is -0.122. The molecule has 0 aliphatic carbocycles. The first-order chi connectivity index (χ1) is 12.2. The van der Waals surface area contributed by atoms with E-state index in [1.165, 1.54) is 24.7 Å². The average molecular weight is 359 g/mol. The van der Waals surface area contributed by atoms with E-state index < -0.39 is 0 Å². The maximum absolute atomic E-state index is 9.90. The summed E-state index contributed by atoms with van der Waals surface area (Å²) in [6, 6.07) is 3.39. The number of anilines is 1. The van der Waals surface area contributed by atoms with Gasteiger partial charge in [0.05, 0.1) is 18.8 Å². The van der Waals surface area contributed by atoms with Gasteiger partial charge in [-0.2, -0.15) is 5.10 Å². The van der Waals surface area contributed by atoms with Crippen LogP contribution in [0.2, 0.25) is 0 Å². The summed E-state index contributed by atoms with van der Waals surface area (Å²) < 4.78 is 5.20. The Morgan fingerprint density at radius 1 is 1.35 bits per heavy atom. The number of benzene rings is 1. The third-order valence-electron chi connectivity index (χ3n) is 4.01. The summed E-state index contributed by atoms with van der Waals surface area (Å²) in [7, 11) is 1.53. The molecule has 1 aliphatic rings. The van der Waals surface area contributed by atoms with Crippen molar-refractivity contribution in [2.45, 2.75) is 20.4 Å². The average Bonchev–Trinajstić information content (AvgIpc) is 3.09. The number of phenols is 1. The second-order valence-electron chi connectivity index (χ2n) is 5.39. The first-order valence-electron chi connectivity index (χ1n) is 7.53. The number of nitrogens with one attached hydrogen (secondary N) is 1. The number of aromatic amines is 1. The van der Waals surface area contributed by atoms with Crippen molar-refractivity contribution in [2.24, 2.45) is 0 Å². The SMILES string of the molecule is C.COc1cc2c(N3CCc4[nH]ncc4C3)ncnc2cc1O.O=CO. The molecule has 2 aromatic heterocycles. The number of fused-ring (bicyclic) bond motifs is 2. The summed E-state index contributed by atoms with van der Waals surface area (Å²) in [5.41, 5.74) is 3.06. The van der Waals surface area contributed by atoms with Crippen LogP contribution < -0.4 is 9.64 Å². The number of nitrogens with zero attached hydrogens (tertiary/aromatic N) is 4. The van der Waals surface area contributed by atoms with Gasteiger partial charge in [0, 0.05) is 42.2 Å². The second-order valence-corrected chi connectivity index (χ2v) is 5.39. The van der Waals surface area contributed by atoms with Gasteiger partial charge in [0.25, 0.3) is 6.47 Å². The van der Waals surface area contributed by atoms with Crippen molar-refractivity contribution in [3.8, 4) is 11.5 Å². The fraction of sp³-hybridized carbons (Fsp3) is 0.294. The summed E-state index contributed by atoms with van der Waals surface area (Å²) in [4.78, 5) is 19.2. The third-order valence-corrected chi connectivity index (χ3v) is 4.01. The number of carbonyl (C=O) groups is 1. The molecule has 0 spiro atoms. The van der Waals surface area contributed by atoms with Crippen LogP contribution in [0.15, 0.2) is 24.7 Å². The number of hydrogen-bond donors (Lipinski definition) is 3. The third kappa shape index (κ3) is 3.51. The molecular weight excluding hydrogens is 338 g/mol. The van der Waals surface area contributed by atoms with Crippen molar-refractivity contribution < 1.29 is 19.7 Å². The van der Waals surface area contributed by atoms with Gasteiger partial charge < -0.3 is 19.8 Å². The van der Waals surface area contributed by atoms with Gasteiger partial charge in [0.2, 0.25) is 0 Å². The second kappa shape index (κ2) is 8.15. The van der Waals surface area contributed by atoms with Gasteiger partial charge in [-0.15, -0.1) is 0 Å². The Balaban J connectivity index is 0.000000570. The molecule has 26 heavy (non-hydrogen) atoms. The summed E-state index contributed by atoms with van der Waals surface area (Å²) >= 11 is 0. The number of aromatic nitrogens is 4. The molecule has 0 amide bonds. The lowest BCUT2D eigenvalue weighted by Crippen LogP contribution is -2.30. The van der Waals surface area contributed by atoms with E-state index in [1.54, 1.807) is 12.1 Å². The van der Waals surface area contributed by atoms with E-state index in [0.717, 1.165) is 30.7 Å². The van der Waals surface area contributed by atoms with E-state index in [-0.39, 0.29) is 19.6 Å². The molecule has 0 bridgehead atoms. The zero-order chi connectivity index (χ0) is 17.8. The molecule has 0 radical (unpaired) electrons. The smallest absolute Gasteiger partial charge is 0.290 e. The van der Waals surface area contributed by atoms with Gasteiger partial charge in [-0.3, -0.25) is 9.89 Å². The molecule has 3 N–H and O–H groups in total. The van der Waals surface area contributed by atoms with Crippen LogP contribution in [-0.4, -0.2) is 50.5 Å².